The van der Waals surface area contributed by atoms with Gasteiger partial charge < -0.3 is 9.67 Å². The summed E-state index contributed by atoms with van der Waals surface area (Å²) in [5.74, 6) is 1.34. The quantitative estimate of drug-likeness (QED) is 0.932. The number of aliphatic hydroxyl groups is 1. The van der Waals surface area contributed by atoms with Crippen LogP contribution in [0.3, 0.4) is 0 Å². The molecule has 1 aliphatic rings. The van der Waals surface area contributed by atoms with Gasteiger partial charge in [0, 0.05) is 13.0 Å². The summed E-state index contributed by atoms with van der Waals surface area (Å²) in [5.41, 5.74) is 1.79. The van der Waals surface area contributed by atoms with Gasteiger partial charge in [-0.25, -0.2) is 4.98 Å². The zero-order valence-electron chi connectivity index (χ0n) is 13.6. The van der Waals surface area contributed by atoms with Crippen LogP contribution in [0.5, 0.6) is 0 Å². The topological polar surface area (TPSA) is 38.0 Å². The first-order valence-electron chi connectivity index (χ1n) is 8.01. The minimum absolute atomic E-state index is 0.219. The van der Waals surface area contributed by atoms with Crippen molar-refractivity contribution in [3.63, 3.8) is 0 Å². The van der Waals surface area contributed by atoms with Gasteiger partial charge in [0.2, 0.25) is 0 Å². The molecule has 1 N–H and O–H groups in total. The molecule has 3 nitrogen and oxygen atoms in total. The van der Waals surface area contributed by atoms with Crippen LogP contribution in [-0.4, -0.2) is 20.3 Å². The highest BCUT2D eigenvalue weighted by atomic mass is 16.3. The van der Waals surface area contributed by atoms with Gasteiger partial charge in [-0.2, -0.15) is 0 Å². The highest BCUT2D eigenvalue weighted by Gasteiger charge is 2.47. The number of hydrogen-bond acceptors (Lipinski definition) is 2. The number of imidazole rings is 1. The van der Waals surface area contributed by atoms with Gasteiger partial charge in [-0.3, -0.25) is 0 Å². The minimum atomic E-state index is -0.627. The van der Waals surface area contributed by atoms with Gasteiger partial charge in [0.25, 0.3) is 0 Å². The summed E-state index contributed by atoms with van der Waals surface area (Å²) in [7, 11) is 0. The van der Waals surface area contributed by atoms with E-state index in [0.29, 0.717) is 12.3 Å². The van der Waals surface area contributed by atoms with Crippen molar-refractivity contribution in [1.82, 2.24) is 9.55 Å². The summed E-state index contributed by atoms with van der Waals surface area (Å²) in [6.45, 7) is 9.72. The molecule has 0 bridgehead atoms. The number of hydrogen-bond donors (Lipinski definition) is 1. The first-order chi connectivity index (χ1) is 9.85. The molecule has 0 aliphatic heterocycles. The molecule has 1 aromatic heterocycles. The lowest BCUT2D eigenvalue weighted by molar-refractivity contribution is 0.00211. The van der Waals surface area contributed by atoms with Crippen molar-refractivity contribution in [2.45, 2.75) is 59.1 Å². The molecule has 114 valence electrons. The Morgan fingerprint density at radius 1 is 1.33 bits per heavy atom. The molecular weight excluding hydrogens is 260 g/mol. The fourth-order valence-electron chi connectivity index (χ4n) is 4.22. The standard InChI is InChI=1S/C18H26N2O/c1-5-20-15-9-7-6-8-14(15)19-16(20)11-18(21)12-17(3,4)10-13(18)2/h6-9,13,21H,5,10-12H2,1-4H3. The maximum absolute atomic E-state index is 11.1. The van der Waals surface area contributed by atoms with E-state index in [1.54, 1.807) is 0 Å². The van der Waals surface area contributed by atoms with Gasteiger partial charge >= 0.3 is 0 Å². The summed E-state index contributed by atoms with van der Waals surface area (Å²) in [4.78, 5) is 4.78. The van der Waals surface area contributed by atoms with Crippen molar-refractivity contribution in [1.29, 1.82) is 0 Å². The number of fused-ring (bicyclic) bond motifs is 1. The van der Waals surface area contributed by atoms with E-state index in [-0.39, 0.29) is 5.41 Å². The fourth-order valence-corrected chi connectivity index (χ4v) is 4.22. The second-order valence-electron chi connectivity index (χ2n) is 7.49. The smallest absolute Gasteiger partial charge is 0.112 e. The first kappa shape index (κ1) is 14.6. The molecule has 0 spiro atoms. The van der Waals surface area contributed by atoms with Crippen LogP contribution in [0, 0.1) is 11.3 Å². The molecule has 0 saturated heterocycles. The molecule has 1 fully saturated rings. The van der Waals surface area contributed by atoms with Crippen LogP contribution < -0.4 is 0 Å². The lowest BCUT2D eigenvalue weighted by atomic mass is 9.87. The number of para-hydroxylation sites is 2. The summed E-state index contributed by atoms with van der Waals surface area (Å²) in [6.07, 6.45) is 2.59. The van der Waals surface area contributed by atoms with Crippen LogP contribution in [0.1, 0.15) is 46.4 Å². The normalized spacial score (nSPS) is 28.3. The molecule has 1 aliphatic carbocycles. The van der Waals surface area contributed by atoms with E-state index in [0.717, 1.165) is 30.7 Å². The van der Waals surface area contributed by atoms with Gasteiger partial charge in [0.1, 0.15) is 5.82 Å². The zero-order chi connectivity index (χ0) is 15.3. The Bertz CT molecular complexity index is 658. The summed E-state index contributed by atoms with van der Waals surface area (Å²) >= 11 is 0. The molecule has 0 radical (unpaired) electrons. The number of benzene rings is 1. The molecule has 1 heterocycles. The highest BCUT2D eigenvalue weighted by molar-refractivity contribution is 5.75. The van der Waals surface area contributed by atoms with Crippen molar-refractivity contribution in [2.75, 3.05) is 0 Å². The molecule has 0 amide bonds. The van der Waals surface area contributed by atoms with Crippen molar-refractivity contribution < 1.29 is 5.11 Å². The van der Waals surface area contributed by atoms with E-state index in [4.69, 9.17) is 4.98 Å². The summed E-state index contributed by atoms with van der Waals surface area (Å²) < 4.78 is 2.24. The van der Waals surface area contributed by atoms with Crippen LogP contribution in [0.4, 0.5) is 0 Å². The Morgan fingerprint density at radius 3 is 2.67 bits per heavy atom. The Morgan fingerprint density at radius 2 is 2.05 bits per heavy atom. The summed E-state index contributed by atoms with van der Waals surface area (Å²) in [6, 6.07) is 8.24. The Labute approximate surface area is 127 Å². The maximum Gasteiger partial charge on any atom is 0.112 e. The second-order valence-corrected chi connectivity index (χ2v) is 7.49. The monoisotopic (exact) mass is 286 g/mol. The molecule has 2 unspecified atom stereocenters. The lowest BCUT2D eigenvalue weighted by Gasteiger charge is -2.28. The first-order valence-corrected chi connectivity index (χ1v) is 8.01. The third-order valence-electron chi connectivity index (χ3n) is 5.07. The van der Waals surface area contributed by atoms with Crippen molar-refractivity contribution in [3.05, 3.63) is 30.1 Å². The fraction of sp³-hybridized carbons (Fsp3) is 0.611. The van der Waals surface area contributed by atoms with E-state index < -0.39 is 5.60 Å². The Kier molecular flexibility index (Phi) is 3.36. The molecule has 3 rings (SSSR count). The molecule has 1 saturated carbocycles. The molecule has 21 heavy (non-hydrogen) atoms. The largest absolute Gasteiger partial charge is 0.389 e. The lowest BCUT2D eigenvalue weighted by Crippen LogP contribution is -2.36. The van der Waals surface area contributed by atoms with Crippen molar-refractivity contribution in [3.8, 4) is 0 Å². The van der Waals surface area contributed by atoms with Gasteiger partial charge in [-0.05, 0) is 43.2 Å². The van der Waals surface area contributed by atoms with E-state index in [9.17, 15) is 5.11 Å². The Hall–Kier alpha value is -1.35. The number of aromatic nitrogens is 2. The van der Waals surface area contributed by atoms with Gasteiger partial charge in [-0.1, -0.05) is 32.9 Å². The SMILES string of the molecule is CCn1c(CC2(O)CC(C)(C)CC2C)nc2ccccc21. The van der Waals surface area contributed by atoms with Crippen molar-refractivity contribution >= 4 is 11.0 Å². The van der Waals surface area contributed by atoms with Crippen molar-refractivity contribution in [2.24, 2.45) is 11.3 Å². The number of nitrogens with zero attached hydrogens (tertiary/aromatic N) is 2. The maximum atomic E-state index is 11.1. The number of rotatable bonds is 3. The van der Waals surface area contributed by atoms with E-state index >= 15 is 0 Å². The molecular formula is C18H26N2O. The third kappa shape index (κ3) is 2.48. The van der Waals surface area contributed by atoms with Gasteiger partial charge in [0.15, 0.2) is 0 Å². The van der Waals surface area contributed by atoms with Gasteiger partial charge in [0.05, 0.1) is 16.6 Å². The van der Waals surface area contributed by atoms with Crippen LogP contribution >= 0.6 is 0 Å². The molecule has 2 atom stereocenters. The average Bonchev–Trinajstić information content (AvgIpc) is 2.83. The highest BCUT2D eigenvalue weighted by Crippen LogP contribution is 2.48. The van der Waals surface area contributed by atoms with Gasteiger partial charge in [-0.15, -0.1) is 0 Å². The summed E-state index contributed by atoms with van der Waals surface area (Å²) in [5, 5.41) is 11.1. The minimum Gasteiger partial charge on any atom is -0.389 e. The van der Waals surface area contributed by atoms with Crippen LogP contribution in [0.25, 0.3) is 11.0 Å². The van der Waals surface area contributed by atoms with Crippen LogP contribution in [-0.2, 0) is 13.0 Å². The van der Waals surface area contributed by atoms with Crippen LogP contribution in [0.2, 0.25) is 0 Å². The zero-order valence-corrected chi connectivity index (χ0v) is 13.6. The third-order valence-corrected chi connectivity index (χ3v) is 5.07. The van der Waals surface area contributed by atoms with E-state index in [1.807, 2.05) is 6.07 Å². The molecule has 2 aromatic rings. The van der Waals surface area contributed by atoms with E-state index in [2.05, 4.69) is 50.5 Å². The predicted molar refractivity (Wildman–Crippen MR) is 86.2 cm³/mol. The average molecular weight is 286 g/mol. The van der Waals surface area contributed by atoms with Crippen LogP contribution in [0.15, 0.2) is 24.3 Å². The molecule has 3 heteroatoms. The predicted octanol–water partition coefficient (Wildman–Crippen LogP) is 3.79. The van der Waals surface area contributed by atoms with E-state index in [1.165, 1.54) is 5.52 Å². The molecule has 1 aromatic carbocycles. The Balaban J connectivity index is 1.98. The second kappa shape index (κ2) is 4.84. The number of aryl methyl sites for hydroxylation is 1.